The number of furan rings is 1. The highest BCUT2D eigenvalue weighted by Crippen LogP contribution is 2.51. The second kappa shape index (κ2) is 12.5. The van der Waals surface area contributed by atoms with Crippen molar-refractivity contribution in [2.75, 3.05) is 4.90 Å². The van der Waals surface area contributed by atoms with Gasteiger partial charge in [-0.05, 0) is 106 Å². The van der Waals surface area contributed by atoms with Crippen molar-refractivity contribution in [2.45, 2.75) is 91.9 Å². The summed E-state index contributed by atoms with van der Waals surface area (Å²) in [4.78, 5) is 2.58. The van der Waals surface area contributed by atoms with Gasteiger partial charge in [-0.25, -0.2) is 0 Å². The van der Waals surface area contributed by atoms with Crippen molar-refractivity contribution in [2.24, 2.45) is 0 Å². The van der Waals surface area contributed by atoms with Gasteiger partial charge in [0.25, 0.3) is 0 Å². The molecule has 0 radical (unpaired) electrons. The topological polar surface area (TPSA) is 21.3 Å². The minimum Gasteiger partial charge on any atom is -0.466 e. The zero-order valence-corrected chi connectivity index (χ0v) is 34.2. The second-order valence-electron chi connectivity index (χ2n) is 18.1. The average Bonchev–Trinajstić information content (AvgIpc) is 3.74. The van der Waals surface area contributed by atoms with Gasteiger partial charge >= 0.3 is 6.85 Å². The predicted molar refractivity (Wildman–Crippen MR) is 241 cm³/mol. The Balaban J connectivity index is 1.36. The molecule has 0 aliphatic carbocycles. The number of hydrogen-bond acceptors (Lipinski definition) is 2. The molecule has 3 nitrogen and oxygen atoms in total. The monoisotopic (exact) mass is 730 g/mol. The largest absolute Gasteiger partial charge is 0.466 e. The van der Waals surface area contributed by atoms with Crippen LogP contribution in [-0.4, -0.2) is 11.3 Å². The summed E-state index contributed by atoms with van der Waals surface area (Å²) in [6, 6.07) is 43.7. The number of nitrogens with zero attached hydrogens (tertiary/aromatic N) is 2. The maximum atomic E-state index is 7.49. The Bertz CT molecular complexity index is 2870. The highest BCUT2D eigenvalue weighted by Gasteiger charge is 2.47. The molecule has 0 spiro atoms. The fourth-order valence-electron chi connectivity index (χ4n) is 10.1. The maximum Gasteiger partial charge on any atom is 0.375 e. The molecule has 278 valence electrons. The molecule has 0 amide bonds. The average molecular weight is 731 g/mol. The van der Waals surface area contributed by atoms with Gasteiger partial charge in [0.1, 0.15) is 11.2 Å². The van der Waals surface area contributed by atoms with Crippen molar-refractivity contribution in [1.29, 1.82) is 0 Å². The molecular weight excluding hydrogens is 679 g/mol. The normalized spacial score (nSPS) is 13.6. The van der Waals surface area contributed by atoms with E-state index in [1.54, 1.807) is 0 Å². The van der Waals surface area contributed by atoms with Crippen LogP contribution in [0.25, 0.3) is 55.0 Å². The molecular formula is C52H51BN2O. The third-order valence-corrected chi connectivity index (χ3v) is 12.9. The molecule has 0 unspecified atom stereocenters. The molecule has 56 heavy (non-hydrogen) atoms. The summed E-state index contributed by atoms with van der Waals surface area (Å²) in [5.41, 5.74) is 19.8. The molecule has 0 saturated heterocycles. The van der Waals surface area contributed by atoms with Gasteiger partial charge in [-0.15, -0.1) is 0 Å². The number of aryl methyl sites for hydroxylation is 2. The van der Waals surface area contributed by atoms with Crippen LogP contribution in [0.5, 0.6) is 0 Å². The quantitative estimate of drug-likeness (QED) is 0.152. The molecule has 8 aromatic rings. The summed E-state index contributed by atoms with van der Waals surface area (Å²) in [7, 11) is 0. The van der Waals surface area contributed by atoms with Crippen LogP contribution < -0.4 is 16.0 Å². The van der Waals surface area contributed by atoms with Gasteiger partial charge in [0.15, 0.2) is 0 Å². The van der Waals surface area contributed by atoms with E-state index in [1.165, 1.54) is 101 Å². The maximum absolute atomic E-state index is 7.49. The molecule has 0 fully saturated rings. The first kappa shape index (κ1) is 35.0. The number of hydrogen-bond donors (Lipinski definition) is 0. The van der Waals surface area contributed by atoms with Gasteiger partial charge < -0.3 is 13.8 Å². The van der Waals surface area contributed by atoms with Gasteiger partial charge in [0.2, 0.25) is 0 Å². The lowest BCUT2D eigenvalue weighted by atomic mass is 9.47. The van der Waals surface area contributed by atoms with Crippen molar-refractivity contribution in [1.82, 2.24) is 4.48 Å². The molecule has 0 N–H and O–H groups in total. The van der Waals surface area contributed by atoms with Gasteiger partial charge in [0, 0.05) is 44.0 Å². The van der Waals surface area contributed by atoms with E-state index in [9.17, 15) is 0 Å². The van der Waals surface area contributed by atoms with E-state index in [-0.39, 0.29) is 17.7 Å². The Morgan fingerprint density at radius 2 is 1.45 bits per heavy atom. The SMILES string of the molecule is CCCCC(C)(C)c1cc2oc3c(c2cc1CC)N(c1ccc(C(C)(C)C)cc1-c1ccccc1)c1cc(C)cc2c1B3n1c3ccccc3c3cccc-2c31. The van der Waals surface area contributed by atoms with Gasteiger partial charge in [-0.2, -0.15) is 0 Å². The number of para-hydroxylation sites is 2. The summed E-state index contributed by atoms with van der Waals surface area (Å²) in [5, 5.41) is 3.77. The zero-order valence-electron chi connectivity index (χ0n) is 34.2. The Hall–Kier alpha value is -5.48. The number of rotatable bonds is 7. The number of unbranched alkanes of at least 4 members (excludes halogenated alkanes) is 1. The van der Waals surface area contributed by atoms with Gasteiger partial charge in [-0.1, -0.05) is 140 Å². The molecule has 2 aromatic heterocycles. The summed E-state index contributed by atoms with van der Waals surface area (Å²) in [5.74, 6) is 0. The van der Waals surface area contributed by atoms with Gasteiger partial charge in [-0.3, -0.25) is 0 Å². The summed E-state index contributed by atoms with van der Waals surface area (Å²) < 4.78 is 10.1. The van der Waals surface area contributed by atoms with Crippen LogP contribution in [0, 0.1) is 6.92 Å². The number of aromatic nitrogens is 1. The number of benzene rings is 6. The third-order valence-electron chi connectivity index (χ3n) is 12.9. The minimum absolute atomic E-state index is 0.00732. The van der Waals surface area contributed by atoms with E-state index < -0.39 is 0 Å². The lowest BCUT2D eigenvalue weighted by molar-refractivity contribution is 0.454. The Morgan fingerprint density at radius 1 is 0.679 bits per heavy atom. The first-order valence-electron chi connectivity index (χ1n) is 20.8. The fourth-order valence-corrected chi connectivity index (χ4v) is 10.1. The van der Waals surface area contributed by atoms with E-state index in [0.717, 1.165) is 29.8 Å². The van der Waals surface area contributed by atoms with Crippen molar-refractivity contribution in [3.63, 3.8) is 0 Å². The summed E-state index contributed by atoms with van der Waals surface area (Å²) in [6.45, 7) is 18.5. The highest BCUT2D eigenvalue weighted by atomic mass is 16.3. The standard InChI is InChI=1S/C52H51BN2O/c1-9-11-26-52(7,8)42-31-46-41(29-33(42)10-2)49-50(56-46)53-47-40(38-22-17-21-37-36-20-15-16-23-44(36)55(53)48(37)38)27-32(3)28-45(47)54(49)43-25-24-35(51(4,5)6)30-39(43)34-18-13-12-14-19-34/h12-25,27-31H,9-11,26H2,1-8H3. The molecule has 6 aromatic carbocycles. The van der Waals surface area contributed by atoms with Crippen LogP contribution in [0.3, 0.4) is 0 Å². The lowest BCUT2D eigenvalue weighted by Gasteiger charge is -2.39. The molecule has 2 aliphatic heterocycles. The highest BCUT2D eigenvalue weighted by molar-refractivity contribution is 6.89. The second-order valence-corrected chi connectivity index (χ2v) is 18.1. The molecule has 4 heteroatoms. The van der Waals surface area contributed by atoms with E-state index in [4.69, 9.17) is 4.42 Å². The van der Waals surface area contributed by atoms with Crippen molar-refractivity contribution < 1.29 is 4.42 Å². The van der Waals surface area contributed by atoms with E-state index in [1.807, 2.05) is 0 Å². The molecule has 0 saturated carbocycles. The minimum atomic E-state index is -0.132. The van der Waals surface area contributed by atoms with Crippen molar-refractivity contribution >= 4 is 67.8 Å². The predicted octanol–water partition coefficient (Wildman–Crippen LogP) is 13.3. The lowest BCUT2D eigenvalue weighted by Crippen LogP contribution is -2.56. The van der Waals surface area contributed by atoms with Crippen LogP contribution in [-0.2, 0) is 17.3 Å². The first-order valence-corrected chi connectivity index (χ1v) is 20.8. The first-order chi connectivity index (χ1) is 27.0. The Labute approximate surface area is 332 Å². The van der Waals surface area contributed by atoms with Crippen LogP contribution in [0.4, 0.5) is 17.1 Å². The van der Waals surface area contributed by atoms with Crippen molar-refractivity contribution in [3.05, 3.63) is 138 Å². The zero-order chi connectivity index (χ0) is 38.7. The molecule has 0 bridgehead atoms. The van der Waals surface area contributed by atoms with Crippen LogP contribution >= 0.6 is 0 Å². The Kier molecular flexibility index (Phi) is 7.82. The van der Waals surface area contributed by atoms with E-state index in [2.05, 4.69) is 180 Å². The molecule has 10 rings (SSSR count). The molecule has 0 atom stereocenters. The van der Waals surface area contributed by atoms with E-state index >= 15 is 0 Å². The smallest absolute Gasteiger partial charge is 0.375 e. The van der Waals surface area contributed by atoms with Crippen LogP contribution in [0.15, 0.2) is 120 Å². The number of fused-ring (bicyclic) bond motifs is 9. The fraction of sp³-hybridized carbons (Fsp3) is 0.269. The van der Waals surface area contributed by atoms with Crippen LogP contribution in [0.1, 0.15) is 90.0 Å². The Morgan fingerprint density at radius 3 is 2.21 bits per heavy atom. The molecule has 4 heterocycles. The van der Waals surface area contributed by atoms with E-state index in [0.29, 0.717) is 0 Å². The number of anilines is 3. The summed E-state index contributed by atoms with van der Waals surface area (Å²) in [6.07, 6.45) is 4.52. The third kappa shape index (κ3) is 5.04. The van der Waals surface area contributed by atoms with Gasteiger partial charge in [0.05, 0.1) is 11.4 Å². The van der Waals surface area contributed by atoms with Crippen molar-refractivity contribution in [3.8, 4) is 22.3 Å². The summed E-state index contributed by atoms with van der Waals surface area (Å²) >= 11 is 0. The molecule has 2 aliphatic rings. The van der Waals surface area contributed by atoms with Crippen LogP contribution in [0.2, 0.25) is 0 Å².